The third-order valence-corrected chi connectivity index (χ3v) is 3.08. The number of nitrogens with zero attached hydrogens (tertiary/aromatic N) is 3. The molecule has 0 aliphatic heterocycles. The zero-order valence-corrected chi connectivity index (χ0v) is 12.2. The molecule has 2 amide bonds. The van der Waals surface area contributed by atoms with Crippen molar-refractivity contribution in [3.8, 4) is 0 Å². The van der Waals surface area contributed by atoms with E-state index in [1.165, 1.54) is 0 Å². The van der Waals surface area contributed by atoms with E-state index in [1.807, 2.05) is 50.5 Å². The topological polar surface area (TPSA) is 70.4 Å². The Hall–Kier alpha value is -2.34. The molecule has 6 heteroatoms. The summed E-state index contributed by atoms with van der Waals surface area (Å²) in [6.45, 7) is 2.05. The van der Waals surface area contributed by atoms with E-state index in [0.717, 1.165) is 11.1 Å². The first-order valence-corrected chi connectivity index (χ1v) is 6.83. The molecule has 6 nitrogen and oxygen atoms in total. The third-order valence-electron chi connectivity index (χ3n) is 3.08. The van der Waals surface area contributed by atoms with Crippen LogP contribution in [0.5, 0.6) is 0 Å². The van der Waals surface area contributed by atoms with Crippen molar-refractivity contribution < 1.29 is 10.0 Å². The summed E-state index contributed by atoms with van der Waals surface area (Å²) in [5.74, 6) is 0. The average Bonchev–Trinajstić information content (AvgIpc) is 2.84. The molecule has 21 heavy (non-hydrogen) atoms. The lowest BCUT2D eigenvalue weighted by molar-refractivity contribution is -0.0516. The second-order valence-corrected chi connectivity index (χ2v) is 5.12. The van der Waals surface area contributed by atoms with E-state index in [1.54, 1.807) is 10.9 Å². The maximum atomic E-state index is 11.9. The number of amides is 2. The summed E-state index contributed by atoms with van der Waals surface area (Å²) in [6, 6.07) is 8.74. The summed E-state index contributed by atoms with van der Waals surface area (Å²) in [5, 5.41) is 17.3. The van der Waals surface area contributed by atoms with Crippen LogP contribution in [0.1, 0.15) is 18.1 Å². The Kier molecular flexibility index (Phi) is 4.94. The summed E-state index contributed by atoms with van der Waals surface area (Å²) in [7, 11) is 1.85. The normalized spacial score (nSPS) is 12.0. The molecular weight excluding hydrogens is 268 g/mol. The minimum absolute atomic E-state index is 0.0906. The van der Waals surface area contributed by atoms with Crippen molar-refractivity contribution in [3.05, 3.63) is 53.9 Å². The number of hydrogen-bond acceptors (Lipinski definition) is 3. The molecule has 2 N–H and O–H groups in total. The molecule has 0 fully saturated rings. The minimum Gasteiger partial charge on any atom is -0.333 e. The third kappa shape index (κ3) is 4.61. The fraction of sp³-hybridized carbons (Fsp3) is 0.333. The quantitative estimate of drug-likeness (QED) is 0.652. The van der Waals surface area contributed by atoms with Crippen molar-refractivity contribution in [2.24, 2.45) is 7.05 Å². The van der Waals surface area contributed by atoms with Crippen molar-refractivity contribution in [3.63, 3.8) is 0 Å². The molecule has 0 saturated heterocycles. The smallest absolute Gasteiger partial charge is 0.333 e. The van der Waals surface area contributed by atoms with Crippen LogP contribution in [0.2, 0.25) is 0 Å². The fourth-order valence-electron chi connectivity index (χ4n) is 2.10. The van der Waals surface area contributed by atoms with E-state index in [4.69, 9.17) is 0 Å². The number of urea groups is 1. The number of hydrogen-bond donors (Lipinski definition) is 2. The van der Waals surface area contributed by atoms with Gasteiger partial charge in [-0.3, -0.25) is 9.89 Å². The van der Waals surface area contributed by atoms with E-state index >= 15 is 0 Å². The second-order valence-electron chi connectivity index (χ2n) is 5.12. The first kappa shape index (κ1) is 15.1. The zero-order chi connectivity index (χ0) is 15.2. The Bertz CT molecular complexity index is 582. The Morgan fingerprint density at radius 2 is 2.10 bits per heavy atom. The molecule has 0 saturated carbocycles. The van der Waals surface area contributed by atoms with Gasteiger partial charge in [0.2, 0.25) is 0 Å². The number of carbonyl (C=O) groups excluding carboxylic acids is 1. The predicted octanol–water partition coefficient (Wildman–Crippen LogP) is 1.95. The molecule has 2 rings (SSSR count). The second kappa shape index (κ2) is 6.90. The van der Waals surface area contributed by atoms with Crippen molar-refractivity contribution in [1.82, 2.24) is 20.2 Å². The van der Waals surface area contributed by atoms with Gasteiger partial charge in [-0.25, -0.2) is 9.86 Å². The van der Waals surface area contributed by atoms with Gasteiger partial charge < -0.3 is 5.32 Å². The number of carbonyl (C=O) groups is 1. The lowest BCUT2D eigenvalue weighted by Gasteiger charge is -2.19. The highest BCUT2D eigenvalue weighted by atomic mass is 16.5. The Morgan fingerprint density at radius 1 is 1.38 bits per heavy atom. The van der Waals surface area contributed by atoms with Crippen LogP contribution in [0.4, 0.5) is 4.79 Å². The molecule has 1 heterocycles. The molecule has 1 aromatic heterocycles. The molecule has 1 unspecified atom stereocenters. The number of hydroxylamine groups is 2. The molecule has 0 radical (unpaired) electrons. The monoisotopic (exact) mass is 288 g/mol. The zero-order valence-electron chi connectivity index (χ0n) is 12.2. The van der Waals surface area contributed by atoms with Gasteiger partial charge in [-0.05, 0) is 24.5 Å². The summed E-state index contributed by atoms with van der Waals surface area (Å²) in [4.78, 5) is 11.9. The number of rotatable bonds is 5. The van der Waals surface area contributed by atoms with Gasteiger partial charge in [-0.2, -0.15) is 5.10 Å². The molecule has 0 aliphatic carbocycles. The Morgan fingerprint density at radius 3 is 2.71 bits per heavy atom. The van der Waals surface area contributed by atoms with Crippen LogP contribution in [0.15, 0.2) is 42.7 Å². The number of benzene rings is 1. The Balaban J connectivity index is 1.82. The molecule has 1 aromatic carbocycles. The highest BCUT2D eigenvalue weighted by Crippen LogP contribution is 2.04. The standard InChI is InChI=1S/C15H20N4O2/c1-12(8-14-9-16-18(2)10-14)17-15(20)19(21)11-13-6-4-3-5-7-13/h3-7,9-10,12,21H,8,11H2,1-2H3,(H,17,20). The summed E-state index contributed by atoms with van der Waals surface area (Å²) < 4.78 is 1.72. The molecule has 0 spiro atoms. The summed E-state index contributed by atoms with van der Waals surface area (Å²) in [6.07, 6.45) is 4.34. The average molecular weight is 288 g/mol. The predicted molar refractivity (Wildman–Crippen MR) is 78.7 cm³/mol. The minimum atomic E-state index is -0.504. The molecule has 1 atom stereocenters. The SMILES string of the molecule is CC(Cc1cnn(C)c1)NC(=O)N(O)Cc1ccccc1. The highest BCUT2D eigenvalue weighted by molar-refractivity contribution is 5.73. The number of aromatic nitrogens is 2. The van der Waals surface area contributed by atoms with Gasteiger partial charge in [-0.15, -0.1) is 0 Å². The molecule has 0 aliphatic rings. The number of aryl methyl sites for hydroxylation is 1. The lowest BCUT2D eigenvalue weighted by atomic mass is 10.1. The molecule has 2 aromatic rings. The van der Waals surface area contributed by atoms with Crippen molar-refractivity contribution in [2.45, 2.75) is 25.9 Å². The van der Waals surface area contributed by atoms with Crippen molar-refractivity contribution >= 4 is 6.03 Å². The number of nitrogens with one attached hydrogen (secondary N) is 1. The first-order chi connectivity index (χ1) is 10.0. The van der Waals surface area contributed by atoms with Gasteiger partial charge in [0.15, 0.2) is 0 Å². The van der Waals surface area contributed by atoms with Crippen molar-refractivity contribution in [2.75, 3.05) is 0 Å². The lowest BCUT2D eigenvalue weighted by Crippen LogP contribution is -2.42. The van der Waals surface area contributed by atoms with Gasteiger partial charge in [-0.1, -0.05) is 30.3 Å². The van der Waals surface area contributed by atoms with Gasteiger partial charge in [0.1, 0.15) is 0 Å². The fourth-order valence-corrected chi connectivity index (χ4v) is 2.10. The van der Waals surface area contributed by atoms with Crippen LogP contribution >= 0.6 is 0 Å². The van der Waals surface area contributed by atoms with Gasteiger partial charge in [0, 0.05) is 19.3 Å². The van der Waals surface area contributed by atoms with E-state index in [9.17, 15) is 10.0 Å². The largest absolute Gasteiger partial charge is 0.341 e. The van der Waals surface area contributed by atoms with Crippen LogP contribution in [0.25, 0.3) is 0 Å². The van der Waals surface area contributed by atoms with Crippen molar-refractivity contribution in [1.29, 1.82) is 0 Å². The summed E-state index contributed by atoms with van der Waals surface area (Å²) in [5.41, 5.74) is 1.91. The van der Waals surface area contributed by atoms with Crippen LogP contribution in [0, 0.1) is 0 Å². The van der Waals surface area contributed by atoms with E-state index in [-0.39, 0.29) is 12.6 Å². The summed E-state index contributed by atoms with van der Waals surface area (Å²) >= 11 is 0. The van der Waals surface area contributed by atoms with E-state index in [2.05, 4.69) is 10.4 Å². The van der Waals surface area contributed by atoms with Gasteiger partial charge >= 0.3 is 6.03 Å². The maximum Gasteiger partial charge on any atom is 0.341 e. The van der Waals surface area contributed by atoms with Crippen LogP contribution < -0.4 is 5.32 Å². The van der Waals surface area contributed by atoms with Crippen LogP contribution in [0.3, 0.4) is 0 Å². The van der Waals surface area contributed by atoms with E-state index in [0.29, 0.717) is 11.5 Å². The maximum absolute atomic E-state index is 11.9. The first-order valence-electron chi connectivity index (χ1n) is 6.83. The van der Waals surface area contributed by atoms with Gasteiger partial charge in [0.25, 0.3) is 0 Å². The van der Waals surface area contributed by atoms with Crippen LogP contribution in [-0.2, 0) is 20.0 Å². The molecule has 112 valence electrons. The van der Waals surface area contributed by atoms with Gasteiger partial charge in [0.05, 0.1) is 12.7 Å². The highest BCUT2D eigenvalue weighted by Gasteiger charge is 2.14. The molecular formula is C15H20N4O2. The van der Waals surface area contributed by atoms with E-state index < -0.39 is 6.03 Å². The Labute approximate surface area is 124 Å². The van der Waals surface area contributed by atoms with Crippen LogP contribution in [-0.4, -0.2) is 32.1 Å². The molecule has 0 bridgehead atoms.